The second kappa shape index (κ2) is 15.1. The number of nitrogens with zero attached hydrogens (tertiary/aromatic N) is 1. The Morgan fingerprint density at radius 3 is 2.60 bits per heavy atom. The normalized spacial score (nSPS) is 25.4. The number of rotatable bonds is 13. The Labute approximate surface area is 254 Å². The number of amides is 1. The third kappa shape index (κ3) is 8.96. The van der Waals surface area contributed by atoms with Gasteiger partial charge in [-0.25, -0.2) is 4.99 Å². The zero-order chi connectivity index (χ0) is 31.8. The fourth-order valence-corrected chi connectivity index (χ4v) is 5.49. The number of amidine groups is 1. The minimum atomic E-state index is -1.42. The maximum absolute atomic E-state index is 13.0. The Morgan fingerprint density at radius 2 is 1.98 bits per heavy atom. The van der Waals surface area contributed by atoms with Crippen LogP contribution >= 0.6 is 0 Å². The molecule has 0 spiro atoms. The van der Waals surface area contributed by atoms with Gasteiger partial charge >= 0.3 is 11.9 Å². The van der Waals surface area contributed by atoms with Gasteiger partial charge in [0, 0.05) is 12.8 Å². The van der Waals surface area contributed by atoms with E-state index in [9.17, 15) is 19.5 Å². The summed E-state index contributed by atoms with van der Waals surface area (Å²) in [6.45, 7) is 8.89. The molecule has 240 valence electrons. The lowest BCUT2D eigenvalue weighted by molar-refractivity contribution is -0.163. The van der Waals surface area contributed by atoms with Crippen LogP contribution in [0.5, 0.6) is 0 Å². The van der Waals surface area contributed by atoms with Gasteiger partial charge in [0.15, 0.2) is 11.9 Å². The van der Waals surface area contributed by atoms with Crippen LogP contribution in [0.2, 0.25) is 0 Å². The van der Waals surface area contributed by atoms with Gasteiger partial charge in [0.2, 0.25) is 5.91 Å². The average Bonchev–Trinajstić information content (AvgIpc) is 3.69. The van der Waals surface area contributed by atoms with Crippen molar-refractivity contribution in [3.63, 3.8) is 0 Å². The fourth-order valence-electron chi connectivity index (χ4n) is 5.49. The van der Waals surface area contributed by atoms with E-state index in [0.717, 1.165) is 51.3 Å². The molecule has 0 radical (unpaired) electrons. The highest BCUT2D eigenvalue weighted by Crippen LogP contribution is 2.41. The van der Waals surface area contributed by atoms with Crippen molar-refractivity contribution in [3.8, 4) is 0 Å². The molecule has 1 aromatic rings. The summed E-state index contributed by atoms with van der Waals surface area (Å²) in [5.41, 5.74) is 4.94. The van der Waals surface area contributed by atoms with E-state index in [-0.39, 0.29) is 24.3 Å². The standard InChI is InChI=1S/C31H49N5O7/c1-6-7-8-13-23(37)36-28(34-18-32)20-14-15-22(35-20)31(5)27(39)25(42-29(40)26(33)30(2,3)4)21(43-31)17-41-24(38)16-19-11-9-10-12-19/h14-15,18-19,21,25-27,35,39H,6-13,16-17,33H2,1-5H3,(H2,32,34,36,37)/t21-,25-,26-,27-,31+/m1/s1. The molecular formula is C31H49N5O7. The van der Waals surface area contributed by atoms with Crippen LogP contribution < -0.4 is 11.1 Å². The maximum Gasteiger partial charge on any atom is 0.323 e. The highest BCUT2D eigenvalue weighted by atomic mass is 16.6. The molecule has 6 N–H and O–H groups in total. The molecule has 2 aliphatic rings. The highest BCUT2D eigenvalue weighted by molar-refractivity contribution is 6.09. The van der Waals surface area contributed by atoms with Crippen LogP contribution in [0.3, 0.4) is 0 Å². The molecule has 12 heteroatoms. The first-order chi connectivity index (χ1) is 20.3. The van der Waals surface area contributed by atoms with Crippen molar-refractivity contribution >= 4 is 30.0 Å². The summed E-state index contributed by atoms with van der Waals surface area (Å²) >= 11 is 0. The van der Waals surface area contributed by atoms with E-state index in [0.29, 0.717) is 30.1 Å². The summed E-state index contributed by atoms with van der Waals surface area (Å²) < 4.78 is 17.6. The predicted molar refractivity (Wildman–Crippen MR) is 161 cm³/mol. The highest BCUT2D eigenvalue weighted by Gasteiger charge is 2.56. The number of carbonyl (C=O) groups is 3. The Kier molecular flexibility index (Phi) is 12.1. The lowest BCUT2D eigenvalue weighted by Gasteiger charge is -2.29. The number of unbranched alkanes of at least 4 members (excludes halogenated alkanes) is 2. The number of nitrogens with one attached hydrogen (secondary N) is 3. The van der Waals surface area contributed by atoms with Crippen molar-refractivity contribution in [2.45, 2.75) is 122 Å². The summed E-state index contributed by atoms with van der Waals surface area (Å²) in [6, 6.07) is 2.35. The molecule has 0 aromatic carbocycles. The quantitative estimate of drug-likeness (QED) is 0.0980. The second-order valence-electron chi connectivity index (χ2n) is 12.9. The second-order valence-corrected chi connectivity index (χ2v) is 12.9. The van der Waals surface area contributed by atoms with E-state index in [2.05, 4.69) is 22.2 Å². The molecule has 1 aliphatic carbocycles. The van der Waals surface area contributed by atoms with E-state index >= 15 is 0 Å². The lowest BCUT2D eigenvalue weighted by Crippen LogP contribution is -2.48. The molecule has 1 saturated heterocycles. The molecule has 2 fully saturated rings. The lowest BCUT2D eigenvalue weighted by atomic mass is 9.87. The number of hydrogen-bond donors (Lipinski definition) is 5. The van der Waals surface area contributed by atoms with Crippen LogP contribution in [0, 0.1) is 16.7 Å². The largest absolute Gasteiger partial charge is 0.463 e. The van der Waals surface area contributed by atoms with Gasteiger partial charge in [-0.3, -0.25) is 19.8 Å². The number of ether oxygens (including phenoxy) is 3. The minimum Gasteiger partial charge on any atom is -0.463 e. The van der Waals surface area contributed by atoms with E-state index in [1.165, 1.54) is 0 Å². The summed E-state index contributed by atoms with van der Waals surface area (Å²) in [6.07, 6.45) is 4.79. The van der Waals surface area contributed by atoms with Crippen molar-refractivity contribution in [2.75, 3.05) is 6.61 Å². The monoisotopic (exact) mass is 603 g/mol. The number of carbonyl (C=O) groups excluding carboxylic acids is 3. The number of nitrogens with two attached hydrogens (primary N) is 1. The fraction of sp³-hybridized carbons (Fsp3) is 0.710. The number of aromatic amines is 1. The van der Waals surface area contributed by atoms with Crippen LogP contribution in [-0.2, 0) is 34.2 Å². The van der Waals surface area contributed by atoms with Gasteiger partial charge in [0.1, 0.15) is 36.8 Å². The van der Waals surface area contributed by atoms with Crippen molar-refractivity contribution in [1.29, 1.82) is 5.41 Å². The third-order valence-electron chi connectivity index (χ3n) is 8.35. The number of H-pyrrole nitrogens is 1. The van der Waals surface area contributed by atoms with Crippen LogP contribution in [0.4, 0.5) is 0 Å². The summed E-state index contributed by atoms with van der Waals surface area (Å²) in [4.78, 5) is 45.2. The van der Waals surface area contributed by atoms with E-state index in [1.807, 2.05) is 20.8 Å². The predicted octanol–water partition coefficient (Wildman–Crippen LogP) is 3.45. The third-order valence-corrected chi connectivity index (χ3v) is 8.35. The van der Waals surface area contributed by atoms with Crippen LogP contribution in [0.1, 0.15) is 104 Å². The van der Waals surface area contributed by atoms with Gasteiger partial charge in [0.25, 0.3) is 0 Å². The van der Waals surface area contributed by atoms with Gasteiger partial charge in [-0.05, 0) is 49.7 Å². The number of hydrogen-bond acceptors (Lipinski definition) is 9. The molecule has 43 heavy (non-hydrogen) atoms. The van der Waals surface area contributed by atoms with Gasteiger partial charge in [-0.1, -0.05) is 53.4 Å². The molecule has 1 aromatic heterocycles. The van der Waals surface area contributed by atoms with Crippen molar-refractivity contribution in [2.24, 2.45) is 22.1 Å². The number of aliphatic imine (C=N–C) groups is 1. The van der Waals surface area contributed by atoms with Gasteiger partial charge in [-0.15, -0.1) is 0 Å². The topological polar surface area (TPSA) is 189 Å². The number of aromatic nitrogens is 1. The molecule has 2 heterocycles. The zero-order valence-electron chi connectivity index (χ0n) is 26.1. The van der Waals surface area contributed by atoms with E-state index in [4.69, 9.17) is 25.4 Å². The van der Waals surface area contributed by atoms with Crippen LogP contribution in [0.15, 0.2) is 17.1 Å². The number of aliphatic hydroxyl groups is 1. The Bertz CT molecular complexity index is 1150. The first kappa shape index (κ1) is 34.4. The molecule has 3 rings (SSSR count). The van der Waals surface area contributed by atoms with Gasteiger partial charge in [0.05, 0.1) is 11.4 Å². The Balaban J connectivity index is 1.81. The molecule has 5 atom stereocenters. The van der Waals surface area contributed by atoms with Gasteiger partial charge in [-0.2, -0.15) is 0 Å². The first-order valence-electron chi connectivity index (χ1n) is 15.3. The van der Waals surface area contributed by atoms with Crippen molar-refractivity contribution < 1.29 is 33.7 Å². The minimum absolute atomic E-state index is 0.148. The average molecular weight is 604 g/mol. The molecule has 1 aliphatic heterocycles. The van der Waals surface area contributed by atoms with Crippen molar-refractivity contribution in [3.05, 3.63) is 23.5 Å². The molecule has 1 saturated carbocycles. The van der Waals surface area contributed by atoms with Crippen LogP contribution in [-0.4, -0.2) is 71.1 Å². The zero-order valence-corrected chi connectivity index (χ0v) is 26.1. The summed E-state index contributed by atoms with van der Waals surface area (Å²) in [7, 11) is 0. The SMILES string of the molecule is CCCCCC(=O)NC(=NC=N)c1ccc([C@]2(C)O[C@H](COC(=O)CC3CCCC3)[C@@H](OC(=O)[C@@H](N)C(C)(C)C)[C@H]2O)[nH]1. The maximum atomic E-state index is 13.0. The Hall–Kier alpha value is -3.09. The summed E-state index contributed by atoms with van der Waals surface area (Å²) in [5.74, 6) is -0.845. The van der Waals surface area contributed by atoms with Crippen LogP contribution in [0.25, 0.3) is 0 Å². The molecule has 1 amide bonds. The number of aliphatic hydroxyl groups excluding tert-OH is 1. The van der Waals surface area contributed by atoms with Gasteiger partial charge < -0.3 is 35.4 Å². The number of esters is 2. The van der Waals surface area contributed by atoms with E-state index < -0.39 is 41.3 Å². The molecule has 12 nitrogen and oxygen atoms in total. The molecule has 0 bridgehead atoms. The van der Waals surface area contributed by atoms with E-state index in [1.54, 1.807) is 19.1 Å². The molecular weight excluding hydrogens is 554 g/mol. The Morgan fingerprint density at radius 1 is 1.28 bits per heavy atom. The van der Waals surface area contributed by atoms with Crippen molar-refractivity contribution in [1.82, 2.24) is 10.3 Å². The molecule has 0 unspecified atom stereocenters. The smallest absolute Gasteiger partial charge is 0.323 e. The first-order valence-corrected chi connectivity index (χ1v) is 15.3. The summed E-state index contributed by atoms with van der Waals surface area (Å²) in [5, 5.41) is 21.7.